The molecule has 5 nitrogen and oxygen atoms in total. The second-order valence-electron chi connectivity index (χ2n) is 8.96. The summed E-state index contributed by atoms with van der Waals surface area (Å²) in [6, 6.07) is 18.5. The lowest BCUT2D eigenvalue weighted by molar-refractivity contribution is 0.300. The molecule has 0 spiro atoms. The summed E-state index contributed by atoms with van der Waals surface area (Å²) in [5.74, 6) is 0.163. The van der Waals surface area contributed by atoms with E-state index in [1.54, 1.807) is 0 Å². The van der Waals surface area contributed by atoms with Crippen molar-refractivity contribution in [3.8, 4) is 24.0 Å². The summed E-state index contributed by atoms with van der Waals surface area (Å²) in [4.78, 5) is 0. The number of halogens is 1. The molecule has 0 heterocycles. The lowest BCUT2D eigenvalue weighted by Gasteiger charge is -2.44. The van der Waals surface area contributed by atoms with Crippen LogP contribution in [0.5, 0.6) is 5.75 Å². The van der Waals surface area contributed by atoms with Crippen molar-refractivity contribution in [2.24, 2.45) is 17.1 Å². The zero-order valence-corrected chi connectivity index (χ0v) is 20.8. The van der Waals surface area contributed by atoms with Crippen molar-refractivity contribution in [1.29, 1.82) is 15.8 Å². The van der Waals surface area contributed by atoms with Gasteiger partial charge >= 0.3 is 0 Å². The number of para-hydroxylation sites is 1. The highest BCUT2D eigenvalue weighted by Gasteiger charge is 2.54. The van der Waals surface area contributed by atoms with Crippen LogP contribution in [0.3, 0.4) is 0 Å². The van der Waals surface area contributed by atoms with Gasteiger partial charge in [0.2, 0.25) is 0 Å². The van der Waals surface area contributed by atoms with Gasteiger partial charge in [0.15, 0.2) is 5.41 Å². The highest BCUT2D eigenvalue weighted by atomic mass is 79.9. The number of allylic oxidation sites excluding steroid dienone is 4. The molecule has 2 aromatic carbocycles. The molecule has 2 aliphatic rings. The lowest BCUT2D eigenvalue weighted by atomic mass is 9.56. The Bertz CT molecular complexity index is 1320. The van der Waals surface area contributed by atoms with E-state index in [4.69, 9.17) is 10.5 Å². The summed E-state index contributed by atoms with van der Waals surface area (Å²) in [6.45, 7) is 4.39. The fourth-order valence-electron chi connectivity index (χ4n) is 5.34. The lowest BCUT2D eigenvalue weighted by Crippen LogP contribution is -2.43. The molecule has 2 aliphatic carbocycles. The molecule has 0 amide bonds. The third-order valence-electron chi connectivity index (χ3n) is 7.08. The van der Waals surface area contributed by atoms with E-state index in [9.17, 15) is 15.8 Å². The molecule has 2 N–H and O–H groups in total. The van der Waals surface area contributed by atoms with E-state index in [-0.39, 0.29) is 11.6 Å². The van der Waals surface area contributed by atoms with Crippen molar-refractivity contribution in [2.75, 3.05) is 0 Å². The van der Waals surface area contributed by atoms with Gasteiger partial charge in [0.1, 0.15) is 18.4 Å². The molecular weight excluding hydrogens is 488 g/mol. The molecule has 2 aromatic rings. The number of rotatable bonds is 4. The molecule has 0 bridgehead atoms. The van der Waals surface area contributed by atoms with Gasteiger partial charge in [0.25, 0.3) is 0 Å². The van der Waals surface area contributed by atoms with Crippen LogP contribution in [0.15, 0.2) is 63.8 Å². The van der Waals surface area contributed by atoms with Gasteiger partial charge < -0.3 is 10.5 Å². The highest BCUT2D eigenvalue weighted by Crippen LogP contribution is 2.56. The van der Waals surface area contributed by atoms with Gasteiger partial charge in [-0.25, -0.2) is 0 Å². The Balaban J connectivity index is 1.85. The molecule has 6 heteroatoms. The zero-order chi connectivity index (χ0) is 24.5. The number of hydrogen-bond donors (Lipinski definition) is 1. The van der Waals surface area contributed by atoms with Crippen LogP contribution in [-0.4, -0.2) is 0 Å². The molecule has 2 atom stereocenters. The maximum Gasteiger partial charge on any atom is 0.191 e. The van der Waals surface area contributed by atoms with Gasteiger partial charge in [-0.1, -0.05) is 30.3 Å². The Labute approximate surface area is 208 Å². The third-order valence-corrected chi connectivity index (χ3v) is 7.73. The molecular formula is C28H25BrN4O. The predicted molar refractivity (Wildman–Crippen MR) is 133 cm³/mol. The maximum absolute atomic E-state index is 10.3. The number of ether oxygens (including phenoxy) is 1. The van der Waals surface area contributed by atoms with Crippen molar-refractivity contribution >= 4 is 15.9 Å². The fourth-order valence-corrected chi connectivity index (χ4v) is 5.74. The van der Waals surface area contributed by atoms with Gasteiger partial charge in [-0.15, -0.1) is 0 Å². The van der Waals surface area contributed by atoms with E-state index in [2.05, 4.69) is 52.3 Å². The molecule has 170 valence electrons. The monoisotopic (exact) mass is 512 g/mol. The minimum Gasteiger partial charge on any atom is -0.488 e. The first-order valence-electron chi connectivity index (χ1n) is 11.3. The first-order chi connectivity index (χ1) is 16.4. The first-order valence-corrected chi connectivity index (χ1v) is 12.1. The second kappa shape index (κ2) is 9.38. The van der Waals surface area contributed by atoms with Crippen LogP contribution in [0.1, 0.15) is 47.4 Å². The number of nitriles is 3. The van der Waals surface area contributed by atoms with Gasteiger partial charge in [-0.3, -0.25) is 0 Å². The molecule has 34 heavy (non-hydrogen) atoms. The summed E-state index contributed by atoms with van der Waals surface area (Å²) in [5, 5.41) is 30.4. The Morgan fingerprint density at radius 3 is 2.53 bits per heavy atom. The molecule has 0 fully saturated rings. The summed E-state index contributed by atoms with van der Waals surface area (Å²) >= 11 is 3.52. The molecule has 0 radical (unpaired) electrons. The van der Waals surface area contributed by atoms with Crippen LogP contribution < -0.4 is 10.5 Å². The van der Waals surface area contributed by atoms with Gasteiger partial charge in [0, 0.05) is 5.92 Å². The largest absolute Gasteiger partial charge is 0.488 e. The number of benzene rings is 2. The average molecular weight is 513 g/mol. The van der Waals surface area contributed by atoms with Crippen molar-refractivity contribution in [3.63, 3.8) is 0 Å². The predicted octanol–water partition coefficient (Wildman–Crippen LogP) is 6.24. The molecule has 0 unspecified atom stereocenters. The molecule has 4 rings (SSSR count). The molecule has 0 aromatic heterocycles. The third kappa shape index (κ3) is 3.77. The van der Waals surface area contributed by atoms with Crippen LogP contribution in [0.2, 0.25) is 0 Å². The quantitative estimate of drug-likeness (QED) is 0.521. The number of hydrogen-bond acceptors (Lipinski definition) is 5. The minimum atomic E-state index is -1.61. The number of fused-ring (bicyclic) bond motifs is 1. The SMILES string of the molecule is Cc1cc(C)c([C@H]2[C@@H]3CCCC=C3C(C#N)=C(N)C2(C#N)C#N)cc1COc1ccccc1Br. The highest BCUT2D eigenvalue weighted by molar-refractivity contribution is 9.10. The maximum atomic E-state index is 10.3. The summed E-state index contributed by atoms with van der Waals surface area (Å²) < 4.78 is 6.96. The number of aryl methyl sites for hydroxylation is 2. The zero-order valence-electron chi connectivity index (χ0n) is 19.2. The molecule has 0 saturated carbocycles. The fraction of sp³-hybridized carbons (Fsp3) is 0.321. The number of nitrogens with two attached hydrogens (primary N) is 1. The Hall–Kier alpha value is -3.53. The van der Waals surface area contributed by atoms with Gasteiger partial charge in [0.05, 0.1) is 27.9 Å². The van der Waals surface area contributed by atoms with Crippen LogP contribution in [0, 0.1) is 59.2 Å². The van der Waals surface area contributed by atoms with Gasteiger partial charge in [-0.2, -0.15) is 15.8 Å². The van der Waals surface area contributed by atoms with Gasteiger partial charge in [-0.05, 0) is 94.9 Å². The van der Waals surface area contributed by atoms with E-state index >= 15 is 0 Å². The normalized spacial score (nSPS) is 20.9. The molecule has 0 saturated heterocycles. The van der Waals surface area contributed by atoms with Crippen LogP contribution in [0.25, 0.3) is 0 Å². The van der Waals surface area contributed by atoms with E-state index in [0.717, 1.165) is 57.3 Å². The van der Waals surface area contributed by atoms with Crippen LogP contribution in [0.4, 0.5) is 0 Å². The van der Waals surface area contributed by atoms with Crippen molar-refractivity contribution in [2.45, 2.75) is 45.6 Å². The Kier molecular flexibility index (Phi) is 6.52. The van der Waals surface area contributed by atoms with Crippen molar-refractivity contribution < 1.29 is 4.74 Å². The minimum absolute atomic E-state index is 0.0698. The Morgan fingerprint density at radius 2 is 1.85 bits per heavy atom. The van der Waals surface area contributed by atoms with Crippen LogP contribution >= 0.6 is 15.9 Å². The van der Waals surface area contributed by atoms with E-state index in [1.165, 1.54) is 0 Å². The van der Waals surface area contributed by atoms with E-state index in [0.29, 0.717) is 12.2 Å². The molecule has 0 aliphatic heterocycles. The van der Waals surface area contributed by atoms with E-state index < -0.39 is 11.3 Å². The first kappa shape index (κ1) is 23.6. The summed E-state index contributed by atoms with van der Waals surface area (Å²) in [6.07, 6.45) is 4.67. The van der Waals surface area contributed by atoms with Crippen molar-refractivity contribution in [1.82, 2.24) is 0 Å². The Morgan fingerprint density at radius 1 is 1.12 bits per heavy atom. The van der Waals surface area contributed by atoms with Crippen molar-refractivity contribution in [3.05, 3.63) is 86.0 Å². The average Bonchev–Trinajstić information content (AvgIpc) is 2.84. The number of nitrogens with zero attached hydrogens (tertiary/aromatic N) is 3. The summed E-state index contributed by atoms with van der Waals surface area (Å²) in [7, 11) is 0. The standard InChI is InChI=1S/C28H25BrN4O/c1-17-11-18(2)22(12-19(17)14-34-25-10-6-5-9-24(25)29)26-21-8-4-3-7-20(21)23(13-30)27(33)28(26,15-31)16-32/h5-7,9-12,21,26H,3-4,8,14,33H2,1-2H3/t21-,26-/m1/s1. The summed E-state index contributed by atoms with van der Waals surface area (Å²) in [5.41, 5.74) is 10.0. The van der Waals surface area contributed by atoms with Crippen LogP contribution in [-0.2, 0) is 6.61 Å². The van der Waals surface area contributed by atoms with E-state index in [1.807, 2.05) is 38.1 Å². The second-order valence-corrected chi connectivity index (χ2v) is 9.82. The topological polar surface area (TPSA) is 107 Å². The smallest absolute Gasteiger partial charge is 0.191 e.